The molecule has 0 unspecified atom stereocenters. The van der Waals surface area contributed by atoms with Crippen LogP contribution < -0.4 is 10.1 Å². The summed E-state index contributed by atoms with van der Waals surface area (Å²) in [4.78, 5) is 11.7. The second kappa shape index (κ2) is 8.48. The van der Waals surface area contributed by atoms with Crippen LogP contribution >= 0.6 is 11.8 Å². The van der Waals surface area contributed by atoms with Crippen molar-refractivity contribution in [2.24, 2.45) is 0 Å². The number of hydrogen-bond acceptors (Lipinski definition) is 6. The monoisotopic (exact) mass is 369 g/mol. The van der Waals surface area contributed by atoms with Gasteiger partial charge in [0.25, 0.3) is 0 Å². The number of carbonyl (C=O) groups excluding carboxylic acids is 1. The summed E-state index contributed by atoms with van der Waals surface area (Å²) in [6, 6.07) is 11.3. The molecule has 0 aliphatic carbocycles. The van der Waals surface area contributed by atoms with Crippen molar-refractivity contribution >= 4 is 23.3 Å². The van der Waals surface area contributed by atoms with Crippen LogP contribution in [-0.4, -0.2) is 44.6 Å². The van der Waals surface area contributed by atoms with Crippen molar-refractivity contribution in [2.45, 2.75) is 11.9 Å². The van der Waals surface area contributed by atoms with Gasteiger partial charge in [-0.25, -0.2) is 0 Å². The molecule has 3 rings (SSSR count). The van der Waals surface area contributed by atoms with Gasteiger partial charge >= 0.3 is 0 Å². The summed E-state index contributed by atoms with van der Waals surface area (Å²) in [7, 11) is 0. The molecule has 0 aliphatic rings. The number of rotatable bonds is 8. The molecule has 0 saturated carbocycles. The van der Waals surface area contributed by atoms with Crippen molar-refractivity contribution in [3.05, 3.63) is 49.1 Å². The van der Waals surface area contributed by atoms with Crippen molar-refractivity contribution in [1.29, 1.82) is 0 Å². The highest BCUT2D eigenvalue weighted by molar-refractivity contribution is 7.99. The van der Waals surface area contributed by atoms with Crippen LogP contribution in [-0.2, 0) is 4.79 Å². The first-order valence-electron chi connectivity index (χ1n) is 8.17. The number of fused-ring (bicyclic) bond motifs is 1. The Labute approximate surface area is 155 Å². The van der Waals surface area contributed by atoms with E-state index in [-0.39, 0.29) is 11.7 Å². The van der Waals surface area contributed by atoms with Crippen molar-refractivity contribution < 1.29 is 9.53 Å². The molecule has 2 aromatic heterocycles. The van der Waals surface area contributed by atoms with Gasteiger partial charge in [-0.3, -0.25) is 4.79 Å². The topological polar surface area (TPSA) is 81.4 Å². The molecule has 8 heteroatoms. The standard InChI is InChI=1S/C18H19N5O2S/c1-3-11-19-16(24)12-26-17-10-9-15-20-21-18(23(15)22-17)13-5-7-14(8-6-13)25-4-2/h3,5-10H,1,4,11-12H2,2H3,(H,19,24). The van der Waals surface area contributed by atoms with E-state index in [4.69, 9.17) is 4.74 Å². The van der Waals surface area contributed by atoms with Gasteiger partial charge in [-0.05, 0) is 43.3 Å². The van der Waals surface area contributed by atoms with Gasteiger partial charge in [0.1, 0.15) is 10.8 Å². The summed E-state index contributed by atoms with van der Waals surface area (Å²) in [5.74, 6) is 1.67. The second-order valence-electron chi connectivity index (χ2n) is 5.30. The zero-order valence-electron chi connectivity index (χ0n) is 14.4. The van der Waals surface area contributed by atoms with Crippen molar-refractivity contribution in [3.63, 3.8) is 0 Å². The molecule has 0 aliphatic heterocycles. The number of benzene rings is 1. The fourth-order valence-corrected chi connectivity index (χ4v) is 2.96. The maximum Gasteiger partial charge on any atom is 0.230 e. The minimum Gasteiger partial charge on any atom is -0.494 e. The molecule has 26 heavy (non-hydrogen) atoms. The van der Waals surface area contributed by atoms with Crippen LogP contribution in [0.3, 0.4) is 0 Å². The molecule has 2 heterocycles. The molecule has 1 amide bonds. The van der Waals surface area contributed by atoms with E-state index in [1.165, 1.54) is 11.8 Å². The number of ether oxygens (including phenoxy) is 1. The molecule has 0 spiro atoms. The predicted octanol–water partition coefficient (Wildman–Crippen LogP) is 2.58. The summed E-state index contributed by atoms with van der Waals surface area (Å²) < 4.78 is 7.14. The highest BCUT2D eigenvalue weighted by Gasteiger charge is 2.11. The number of nitrogens with zero attached hydrogens (tertiary/aromatic N) is 4. The van der Waals surface area contributed by atoms with Crippen molar-refractivity contribution in [1.82, 2.24) is 25.1 Å². The zero-order valence-corrected chi connectivity index (χ0v) is 15.2. The minimum atomic E-state index is -0.0627. The predicted molar refractivity (Wildman–Crippen MR) is 101 cm³/mol. The van der Waals surface area contributed by atoms with Crippen molar-refractivity contribution in [2.75, 3.05) is 18.9 Å². The maximum absolute atomic E-state index is 11.7. The van der Waals surface area contributed by atoms with Gasteiger partial charge in [0.15, 0.2) is 11.5 Å². The maximum atomic E-state index is 11.7. The van der Waals surface area contributed by atoms with Gasteiger partial charge in [-0.2, -0.15) is 9.61 Å². The highest BCUT2D eigenvalue weighted by Crippen LogP contribution is 2.22. The average Bonchev–Trinajstić information content (AvgIpc) is 3.09. The van der Waals surface area contributed by atoms with E-state index in [1.807, 2.05) is 43.3 Å². The van der Waals surface area contributed by atoms with E-state index < -0.39 is 0 Å². The van der Waals surface area contributed by atoms with E-state index in [9.17, 15) is 4.79 Å². The number of amides is 1. The Kier molecular flexibility index (Phi) is 5.85. The summed E-state index contributed by atoms with van der Waals surface area (Å²) >= 11 is 1.36. The van der Waals surface area contributed by atoms with Gasteiger partial charge in [-0.1, -0.05) is 17.8 Å². The Morgan fingerprint density at radius 3 is 2.81 bits per heavy atom. The Balaban J connectivity index is 1.79. The smallest absolute Gasteiger partial charge is 0.230 e. The molecule has 0 radical (unpaired) electrons. The molecule has 0 bridgehead atoms. The van der Waals surface area contributed by atoms with E-state index in [2.05, 4.69) is 27.2 Å². The SMILES string of the molecule is C=CCNC(=O)CSc1ccc2nnc(-c3ccc(OCC)cc3)n2n1. The lowest BCUT2D eigenvalue weighted by Gasteiger charge is -2.05. The van der Waals surface area contributed by atoms with Gasteiger partial charge in [-0.15, -0.1) is 16.8 Å². The summed E-state index contributed by atoms with van der Waals surface area (Å²) in [6.07, 6.45) is 1.65. The van der Waals surface area contributed by atoms with Crippen LogP contribution in [0.4, 0.5) is 0 Å². The van der Waals surface area contributed by atoms with Crippen LogP contribution in [0.25, 0.3) is 17.0 Å². The van der Waals surface area contributed by atoms with Gasteiger partial charge in [0.05, 0.1) is 12.4 Å². The molecule has 0 atom stereocenters. The first-order valence-corrected chi connectivity index (χ1v) is 9.16. The van der Waals surface area contributed by atoms with Gasteiger partial charge < -0.3 is 10.1 Å². The van der Waals surface area contributed by atoms with Gasteiger partial charge in [0, 0.05) is 12.1 Å². The third kappa shape index (κ3) is 4.20. The molecule has 134 valence electrons. The molecule has 1 aromatic carbocycles. The normalized spacial score (nSPS) is 10.7. The van der Waals surface area contributed by atoms with E-state index in [1.54, 1.807) is 10.6 Å². The Morgan fingerprint density at radius 1 is 1.27 bits per heavy atom. The molecule has 7 nitrogen and oxygen atoms in total. The van der Waals surface area contributed by atoms with Crippen LogP contribution in [0, 0.1) is 0 Å². The van der Waals surface area contributed by atoms with E-state index in [0.717, 1.165) is 16.3 Å². The number of thioether (sulfide) groups is 1. The summed E-state index contributed by atoms with van der Waals surface area (Å²) in [6.45, 7) is 6.60. The van der Waals surface area contributed by atoms with Crippen LogP contribution in [0.5, 0.6) is 5.75 Å². The average molecular weight is 369 g/mol. The van der Waals surface area contributed by atoms with Gasteiger partial charge in [0.2, 0.25) is 5.91 Å². The lowest BCUT2D eigenvalue weighted by Crippen LogP contribution is -2.24. The molecular weight excluding hydrogens is 350 g/mol. The molecule has 3 aromatic rings. The lowest BCUT2D eigenvalue weighted by atomic mass is 10.2. The fraction of sp³-hybridized carbons (Fsp3) is 0.222. The molecule has 0 saturated heterocycles. The second-order valence-corrected chi connectivity index (χ2v) is 6.30. The summed E-state index contributed by atoms with van der Waals surface area (Å²) in [5.41, 5.74) is 1.54. The van der Waals surface area contributed by atoms with Crippen LogP contribution in [0.1, 0.15) is 6.92 Å². The highest BCUT2D eigenvalue weighted by atomic mass is 32.2. The molecule has 1 N–H and O–H groups in total. The fourth-order valence-electron chi connectivity index (χ4n) is 2.27. The Hall–Kier alpha value is -2.87. The van der Waals surface area contributed by atoms with Crippen LogP contribution in [0.2, 0.25) is 0 Å². The Bertz CT molecular complexity index is 908. The minimum absolute atomic E-state index is 0.0627. The third-order valence-electron chi connectivity index (χ3n) is 3.46. The number of carbonyl (C=O) groups is 1. The largest absolute Gasteiger partial charge is 0.494 e. The quantitative estimate of drug-likeness (QED) is 0.485. The number of aromatic nitrogens is 4. The van der Waals surface area contributed by atoms with E-state index >= 15 is 0 Å². The zero-order chi connectivity index (χ0) is 18.4. The first-order chi connectivity index (χ1) is 12.7. The van der Waals surface area contributed by atoms with E-state index in [0.29, 0.717) is 24.6 Å². The Morgan fingerprint density at radius 2 is 2.08 bits per heavy atom. The molecule has 0 fully saturated rings. The summed E-state index contributed by atoms with van der Waals surface area (Å²) in [5, 5.41) is 16.4. The van der Waals surface area contributed by atoms with Crippen LogP contribution in [0.15, 0.2) is 54.1 Å². The number of nitrogens with one attached hydrogen (secondary N) is 1. The third-order valence-corrected chi connectivity index (χ3v) is 4.38. The lowest BCUT2D eigenvalue weighted by molar-refractivity contribution is -0.118. The number of hydrogen-bond donors (Lipinski definition) is 1. The van der Waals surface area contributed by atoms with Crippen molar-refractivity contribution in [3.8, 4) is 17.1 Å². The molecular formula is C18H19N5O2S. The first kappa shape index (κ1) is 17.9.